The summed E-state index contributed by atoms with van der Waals surface area (Å²) in [5, 5.41) is 6.03. The Balaban J connectivity index is 1.91. The molecule has 0 fully saturated rings. The number of esters is 1. The van der Waals surface area contributed by atoms with Crippen molar-refractivity contribution in [3.8, 4) is 0 Å². The molecule has 0 atom stereocenters. The molecule has 0 radical (unpaired) electrons. The van der Waals surface area contributed by atoms with E-state index in [1.165, 1.54) is 11.1 Å². The van der Waals surface area contributed by atoms with E-state index in [0.717, 1.165) is 5.69 Å². The van der Waals surface area contributed by atoms with Gasteiger partial charge in [-0.25, -0.2) is 4.79 Å². The minimum atomic E-state index is -0.438. The summed E-state index contributed by atoms with van der Waals surface area (Å²) in [5.74, 6) is -0.597. The van der Waals surface area contributed by atoms with Gasteiger partial charge in [-0.1, -0.05) is 18.2 Å². The van der Waals surface area contributed by atoms with Gasteiger partial charge in [0, 0.05) is 18.7 Å². The molecule has 0 heterocycles. The number of carbonyl (C=O) groups excluding carboxylic acids is 2. The molecule has 0 aliphatic carbocycles. The highest BCUT2D eigenvalue weighted by atomic mass is 16.5. The number of anilines is 2. The molecule has 25 heavy (non-hydrogen) atoms. The van der Waals surface area contributed by atoms with Crippen LogP contribution in [0.3, 0.4) is 0 Å². The number of hydrogen-bond acceptors (Lipinski definition) is 4. The van der Waals surface area contributed by atoms with Gasteiger partial charge in [-0.2, -0.15) is 0 Å². The lowest BCUT2D eigenvalue weighted by Gasteiger charge is -2.11. The van der Waals surface area contributed by atoms with Gasteiger partial charge in [-0.3, -0.25) is 4.79 Å². The van der Waals surface area contributed by atoms with Gasteiger partial charge >= 0.3 is 5.97 Å². The van der Waals surface area contributed by atoms with Gasteiger partial charge < -0.3 is 15.4 Å². The van der Waals surface area contributed by atoms with Crippen molar-refractivity contribution in [3.63, 3.8) is 0 Å². The first-order valence-corrected chi connectivity index (χ1v) is 8.37. The van der Waals surface area contributed by atoms with E-state index in [-0.39, 0.29) is 5.91 Å². The smallest absolute Gasteiger partial charge is 0.340 e. The second kappa shape index (κ2) is 8.87. The van der Waals surface area contributed by atoms with Gasteiger partial charge in [0.25, 0.3) is 0 Å². The van der Waals surface area contributed by atoms with Crippen LogP contribution in [0.4, 0.5) is 11.4 Å². The molecule has 1 amide bonds. The van der Waals surface area contributed by atoms with Crippen molar-refractivity contribution in [1.29, 1.82) is 0 Å². The summed E-state index contributed by atoms with van der Waals surface area (Å²) in [6.45, 7) is 6.63. The first kappa shape index (κ1) is 18.5. The Hall–Kier alpha value is -2.82. The van der Waals surface area contributed by atoms with Crippen molar-refractivity contribution in [3.05, 3.63) is 59.2 Å². The summed E-state index contributed by atoms with van der Waals surface area (Å²) in [7, 11) is 0. The van der Waals surface area contributed by atoms with Crippen LogP contribution in [0.15, 0.2) is 42.5 Å². The molecule has 2 aromatic rings. The molecular weight excluding hydrogens is 316 g/mol. The summed E-state index contributed by atoms with van der Waals surface area (Å²) in [4.78, 5) is 24.1. The third-order valence-electron chi connectivity index (χ3n) is 3.60. The van der Waals surface area contributed by atoms with Crippen LogP contribution in [-0.2, 0) is 9.53 Å². The fraction of sp³-hybridized carbons (Fsp3) is 0.300. The standard InChI is InChI=1S/C20H24N2O3/c1-4-25-20(24)17-7-5-6-8-18(17)22-19(23)9-10-21-16-12-14(2)11-15(3)13-16/h5-8,11-13,21H,4,9-10H2,1-3H3,(H,22,23). The fourth-order valence-electron chi connectivity index (χ4n) is 2.59. The topological polar surface area (TPSA) is 67.4 Å². The minimum Gasteiger partial charge on any atom is -0.462 e. The molecule has 0 aliphatic heterocycles. The summed E-state index contributed by atoms with van der Waals surface area (Å²) >= 11 is 0. The minimum absolute atomic E-state index is 0.159. The van der Waals surface area contributed by atoms with E-state index in [9.17, 15) is 9.59 Å². The van der Waals surface area contributed by atoms with Gasteiger partial charge in [0.15, 0.2) is 0 Å². The van der Waals surface area contributed by atoms with E-state index in [1.54, 1.807) is 31.2 Å². The van der Waals surface area contributed by atoms with Crippen LogP contribution >= 0.6 is 0 Å². The molecule has 0 saturated carbocycles. The molecule has 2 N–H and O–H groups in total. The summed E-state index contributed by atoms with van der Waals surface area (Å²) in [6, 6.07) is 13.0. The van der Waals surface area contributed by atoms with E-state index >= 15 is 0 Å². The maximum atomic E-state index is 12.2. The Morgan fingerprint density at radius 2 is 1.72 bits per heavy atom. The summed E-state index contributed by atoms with van der Waals surface area (Å²) in [5.41, 5.74) is 4.18. The number of aryl methyl sites for hydroxylation is 2. The van der Waals surface area contributed by atoms with Crippen LogP contribution in [0, 0.1) is 13.8 Å². The lowest BCUT2D eigenvalue weighted by Crippen LogP contribution is -2.18. The summed E-state index contributed by atoms with van der Waals surface area (Å²) < 4.78 is 5.01. The van der Waals surface area contributed by atoms with Crippen LogP contribution in [0.5, 0.6) is 0 Å². The van der Waals surface area contributed by atoms with Crippen molar-refractivity contribution >= 4 is 23.3 Å². The Morgan fingerprint density at radius 1 is 1.04 bits per heavy atom. The molecule has 0 bridgehead atoms. The van der Waals surface area contributed by atoms with Crippen molar-refractivity contribution in [2.75, 3.05) is 23.8 Å². The Bertz CT molecular complexity index is 736. The van der Waals surface area contributed by atoms with E-state index in [0.29, 0.717) is 30.8 Å². The molecule has 0 spiro atoms. The van der Waals surface area contributed by atoms with E-state index in [2.05, 4.69) is 16.7 Å². The molecule has 0 aliphatic rings. The average Bonchev–Trinajstić information content (AvgIpc) is 2.54. The number of hydrogen-bond donors (Lipinski definition) is 2. The van der Waals surface area contributed by atoms with Crippen LogP contribution in [0.25, 0.3) is 0 Å². The molecule has 0 saturated heterocycles. The zero-order valence-corrected chi connectivity index (χ0v) is 14.9. The second-order valence-electron chi connectivity index (χ2n) is 5.87. The van der Waals surface area contributed by atoms with Crippen molar-refractivity contribution in [2.45, 2.75) is 27.2 Å². The third-order valence-corrected chi connectivity index (χ3v) is 3.60. The number of para-hydroxylation sites is 1. The Morgan fingerprint density at radius 3 is 2.40 bits per heavy atom. The Labute approximate surface area is 148 Å². The number of rotatable bonds is 7. The fourth-order valence-corrected chi connectivity index (χ4v) is 2.59. The molecular formula is C20H24N2O3. The molecule has 0 aromatic heterocycles. The maximum absolute atomic E-state index is 12.2. The first-order valence-electron chi connectivity index (χ1n) is 8.37. The normalized spacial score (nSPS) is 10.2. The van der Waals surface area contributed by atoms with Crippen molar-refractivity contribution in [2.24, 2.45) is 0 Å². The van der Waals surface area contributed by atoms with Crippen LogP contribution in [0.1, 0.15) is 34.8 Å². The monoisotopic (exact) mass is 340 g/mol. The van der Waals surface area contributed by atoms with Crippen LogP contribution < -0.4 is 10.6 Å². The van der Waals surface area contributed by atoms with Gasteiger partial charge in [-0.05, 0) is 56.2 Å². The zero-order valence-electron chi connectivity index (χ0n) is 14.9. The van der Waals surface area contributed by atoms with E-state index in [1.807, 2.05) is 26.0 Å². The van der Waals surface area contributed by atoms with E-state index in [4.69, 9.17) is 4.74 Å². The predicted molar refractivity (Wildman–Crippen MR) is 100 cm³/mol. The highest BCUT2D eigenvalue weighted by Gasteiger charge is 2.13. The predicted octanol–water partition coefficient (Wildman–Crippen LogP) is 3.92. The van der Waals surface area contributed by atoms with Gasteiger partial charge in [0.05, 0.1) is 17.9 Å². The van der Waals surface area contributed by atoms with Gasteiger partial charge in [0.2, 0.25) is 5.91 Å². The Kier molecular flexibility index (Phi) is 6.57. The number of nitrogens with one attached hydrogen (secondary N) is 2. The molecule has 5 heteroatoms. The van der Waals surface area contributed by atoms with Crippen LogP contribution in [-0.4, -0.2) is 25.0 Å². The van der Waals surface area contributed by atoms with E-state index < -0.39 is 5.97 Å². The molecule has 2 aromatic carbocycles. The largest absolute Gasteiger partial charge is 0.462 e. The lowest BCUT2D eigenvalue weighted by molar-refractivity contribution is -0.115. The highest BCUT2D eigenvalue weighted by Crippen LogP contribution is 2.17. The quantitative estimate of drug-likeness (QED) is 0.750. The number of benzene rings is 2. The number of carbonyl (C=O) groups is 2. The van der Waals surface area contributed by atoms with Gasteiger partial charge in [0.1, 0.15) is 0 Å². The van der Waals surface area contributed by atoms with Crippen molar-refractivity contribution < 1.29 is 14.3 Å². The zero-order chi connectivity index (χ0) is 18.2. The van der Waals surface area contributed by atoms with Crippen LogP contribution in [0.2, 0.25) is 0 Å². The molecule has 2 rings (SSSR count). The summed E-state index contributed by atoms with van der Waals surface area (Å²) in [6.07, 6.45) is 0.296. The first-order chi connectivity index (χ1) is 12.0. The SMILES string of the molecule is CCOC(=O)c1ccccc1NC(=O)CCNc1cc(C)cc(C)c1. The molecule has 132 valence electrons. The number of amides is 1. The average molecular weight is 340 g/mol. The number of ether oxygens (including phenoxy) is 1. The van der Waals surface area contributed by atoms with Crippen molar-refractivity contribution in [1.82, 2.24) is 0 Å². The maximum Gasteiger partial charge on any atom is 0.340 e. The lowest BCUT2D eigenvalue weighted by atomic mass is 10.1. The van der Waals surface area contributed by atoms with Gasteiger partial charge in [-0.15, -0.1) is 0 Å². The molecule has 5 nitrogen and oxygen atoms in total. The third kappa shape index (κ3) is 5.64. The highest BCUT2D eigenvalue weighted by molar-refractivity contribution is 6.01. The molecule has 0 unspecified atom stereocenters. The second-order valence-corrected chi connectivity index (χ2v) is 5.87.